The summed E-state index contributed by atoms with van der Waals surface area (Å²) in [7, 11) is -5.02. The van der Waals surface area contributed by atoms with Crippen LogP contribution >= 0.6 is 7.82 Å². The van der Waals surface area contributed by atoms with Crippen molar-refractivity contribution in [2.45, 2.75) is 63.5 Å². The molecule has 3 atom stereocenters. The van der Waals surface area contributed by atoms with Crippen LogP contribution in [0.1, 0.15) is 39.1 Å². The second-order valence-electron chi connectivity index (χ2n) is 8.84. The van der Waals surface area contributed by atoms with Gasteiger partial charge in [0.15, 0.2) is 11.9 Å². The number of alkyl halides is 2. The van der Waals surface area contributed by atoms with Gasteiger partial charge < -0.3 is 29.7 Å². The standard InChI is InChI=1S/C19H28F2N3O10P/c1-18(2,3)22-6-4-14(26)32-9-12(25)8-11-5-7-24(17(28)23-11)16-19(20,21)15(27)13(34-16)10-33-35(29,30)31/h5,7,13,15-16,22,27H,4,6,8-10H2,1-3H3,(H2,29,30,31)/t13-,15-,16?/m1/s1. The topological polar surface area (TPSA) is 187 Å². The summed E-state index contributed by atoms with van der Waals surface area (Å²) in [5, 5.41) is 12.9. The van der Waals surface area contributed by atoms with Crippen molar-refractivity contribution >= 4 is 19.6 Å². The van der Waals surface area contributed by atoms with Gasteiger partial charge in [-0.3, -0.25) is 18.7 Å². The van der Waals surface area contributed by atoms with Gasteiger partial charge in [0, 0.05) is 18.3 Å². The molecule has 1 aromatic heterocycles. The fourth-order valence-corrected chi connectivity index (χ4v) is 3.37. The zero-order valence-corrected chi connectivity index (χ0v) is 20.1. The van der Waals surface area contributed by atoms with Crippen molar-refractivity contribution in [1.82, 2.24) is 14.9 Å². The fourth-order valence-electron chi connectivity index (χ4n) is 3.03. The van der Waals surface area contributed by atoms with E-state index in [4.69, 9.17) is 19.3 Å². The van der Waals surface area contributed by atoms with Gasteiger partial charge in [-0.25, -0.2) is 9.36 Å². The summed E-state index contributed by atoms with van der Waals surface area (Å²) in [6.07, 6.45) is -6.20. The Balaban J connectivity index is 1.96. The highest BCUT2D eigenvalue weighted by molar-refractivity contribution is 7.46. The van der Waals surface area contributed by atoms with E-state index in [1.807, 2.05) is 20.8 Å². The number of phosphoric acid groups is 1. The molecule has 16 heteroatoms. The van der Waals surface area contributed by atoms with E-state index in [9.17, 15) is 32.8 Å². The van der Waals surface area contributed by atoms with Crippen LogP contribution in [0.5, 0.6) is 0 Å². The van der Waals surface area contributed by atoms with Gasteiger partial charge in [-0.2, -0.15) is 13.8 Å². The van der Waals surface area contributed by atoms with Gasteiger partial charge in [0.05, 0.1) is 25.1 Å². The molecule has 0 aliphatic carbocycles. The van der Waals surface area contributed by atoms with Crippen molar-refractivity contribution in [3.63, 3.8) is 0 Å². The minimum atomic E-state index is -5.02. The Hall–Kier alpha value is -2.13. The van der Waals surface area contributed by atoms with Gasteiger partial charge in [0.2, 0.25) is 6.23 Å². The number of rotatable bonds is 11. The lowest BCUT2D eigenvalue weighted by molar-refractivity contribution is -0.147. The predicted octanol–water partition coefficient (Wildman–Crippen LogP) is -0.321. The summed E-state index contributed by atoms with van der Waals surface area (Å²) in [6, 6.07) is 1.10. The number of aliphatic hydroxyl groups is 1. The highest BCUT2D eigenvalue weighted by atomic mass is 31.2. The third-order valence-electron chi connectivity index (χ3n) is 4.68. The zero-order valence-electron chi connectivity index (χ0n) is 19.2. The minimum Gasteiger partial charge on any atom is -0.458 e. The molecular weight excluding hydrogens is 499 g/mol. The number of esters is 1. The van der Waals surface area contributed by atoms with Crippen LogP contribution in [0.2, 0.25) is 0 Å². The molecule has 1 aromatic rings. The largest absolute Gasteiger partial charge is 0.469 e. The van der Waals surface area contributed by atoms with Crippen molar-refractivity contribution in [2.75, 3.05) is 19.8 Å². The summed E-state index contributed by atoms with van der Waals surface area (Å²) in [5.74, 6) is -5.21. The second-order valence-corrected chi connectivity index (χ2v) is 10.1. The molecule has 0 bridgehead atoms. The van der Waals surface area contributed by atoms with E-state index in [2.05, 4.69) is 14.8 Å². The Labute approximate surface area is 198 Å². The van der Waals surface area contributed by atoms with Crippen LogP contribution in [0.4, 0.5) is 8.78 Å². The maximum absolute atomic E-state index is 14.5. The Bertz CT molecular complexity index is 1020. The number of phosphoric ester groups is 1. The van der Waals surface area contributed by atoms with Crippen LogP contribution < -0.4 is 11.0 Å². The smallest absolute Gasteiger partial charge is 0.458 e. The molecule has 0 spiro atoms. The van der Waals surface area contributed by atoms with Crippen molar-refractivity contribution in [3.05, 3.63) is 28.4 Å². The molecule has 1 saturated heterocycles. The number of hydrogen-bond donors (Lipinski definition) is 4. The van der Waals surface area contributed by atoms with Crippen LogP contribution in [0, 0.1) is 0 Å². The first-order chi connectivity index (χ1) is 16.0. The maximum atomic E-state index is 14.5. The molecule has 198 valence electrons. The molecule has 0 aromatic carbocycles. The summed E-state index contributed by atoms with van der Waals surface area (Å²) >= 11 is 0. The minimum absolute atomic E-state index is 0.0422. The predicted molar refractivity (Wildman–Crippen MR) is 113 cm³/mol. The first kappa shape index (κ1) is 29.1. The first-order valence-corrected chi connectivity index (χ1v) is 11.9. The lowest BCUT2D eigenvalue weighted by Gasteiger charge is -2.21. The van der Waals surface area contributed by atoms with E-state index in [0.29, 0.717) is 11.1 Å². The molecule has 1 aliphatic heterocycles. The molecule has 0 amide bonds. The van der Waals surface area contributed by atoms with E-state index in [-0.39, 0.29) is 17.7 Å². The number of nitrogens with one attached hydrogen (secondary N) is 1. The average molecular weight is 527 g/mol. The molecule has 2 heterocycles. The quantitative estimate of drug-likeness (QED) is 0.217. The lowest BCUT2D eigenvalue weighted by Crippen LogP contribution is -2.42. The van der Waals surface area contributed by atoms with Gasteiger partial charge in [-0.15, -0.1) is 0 Å². The number of Topliss-reactive ketones (excluding diaryl/α,β-unsaturated/α-hetero) is 1. The second kappa shape index (κ2) is 11.3. The third kappa shape index (κ3) is 8.79. The van der Waals surface area contributed by atoms with E-state index in [0.717, 1.165) is 12.3 Å². The number of aliphatic hydroxyl groups excluding tert-OH is 1. The van der Waals surface area contributed by atoms with Gasteiger partial charge in [0.1, 0.15) is 12.7 Å². The van der Waals surface area contributed by atoms with E-state index >= 15 is 0 Å². The van der Waals surface area contributed by atoms with E-state index in [1.165, 1.54) is 0 Å². The Morgan fingerprint density at radius 2 is 2.00 bits per heavy atom. The van der Waals surface area contributed by atoms with Crippen LogP contribution in [0.3, 0.4) is 0 Å². The molecule has 13 nitrogen and oxygen atoms in total. The van der Waals surface area contributed by atoms with Crippen molar-refractivity contribution in [3.8, 4) is 0 Å². The third-order valence-corrected chi connectivity index (χ3v) is 5.17. The van der Waals surface area contributed by atoms with Gasteiger partial charge in [-0.05, 0) is 26.8 Å². The number of carbonyl (C=O) groups is 2. The number of halogens is 2. The number of carbonyl (C=O) groups excluding carboxylic acids is 2. The van der Waals surface area contributed by atoms with Crippen molar-refractivity contribution in [1.29, 1.82) is 0 Å². The molecule has 2 rings (SSSR count). The van der Waals surface area contributed by atoms with E-state index in [1.54, 1.807) is 0 Å². The van der Waals surface area contributed by atoms with Crippen molar-refractivity contribution in [2.24, 2.45) is 0 Å². The van der Waals surface area contributed by atoms with Crippen LogP contribution in [-0.2, 0) is 34.6 Å². The Morgan fingerprint density at radius 1 is 1.34 bits per heavy atom. The Kier molecular flexibility index (Phi) is 9.39. The fraction of sp³-hybridized carbons (Fsp3) is 0.684. The maximum Gasteiger partial charge on any atom is 0.469 e. The monoisotopic (exact) mass is 527 g/mol. The summed E-state index contributed by atoms with van der Waals surface area (Å²) in [6.45, 7) is 4.50. The van der Waals surface area contributed by atoms with Crippen LogP contribution in [0.25, 0.3) is 0 Å². The molecular formula is C19H28F2N3O10P. The number of nitrogens with zero attached hydrogens (tertiary/aromatic N) is 2. The molecule has 4 N–H and O–H groups in total. The van der Waals surface area contributed by atoms with E-state index < -0.39 is 69.3 Å². The highest BCUT2D eigenvalue weighted by Crippen LogP contribution is 2.44. The van der Waals surface area contributed by atoms with Crippen molar-refractivity contribution < 1.29 is 51.8 Å². The number of aromatic nitrogens is 2. The number of hydrogen-bond acceptors (Lipinski definition) is 10. The summed E-state index contributed by atoms with van der Waals surface area (Å²) in [5.41, 5.74) is -1.50. The number of ketones is 1. The summed E-state index contributed by atoms with van der Waals surface area (Å²) < 4.78 is 54.0. The van der Waals surface area contributed by atoms with Gasteiger partial charge in [0.25, 0.3) is 0 Å². The average Bonchev–Trinajstić information content (AvgIpc) is 2.93. The Morgan fingerprint density at radius 3 is 2.57 bits per heavy atom. The van der Waals surface area contributed by atoms with Crippen LogP contribution in [0.15, 0.2) is 17.1 Å². The molecule has 0 radical (unpaired) electrons. The number of ether oxygens (including phenoxy) is 2. The molecule has 1 aliphatic rings. The first-order valence-electron chi connectivity index (χ1n) is 10.4. The SMILES string of the molecule is CC(C)(C)NCCC(=O)OCC(=O)Cc1ccn(C2O[C@H](COP(=O)(O)O)[C@@H](O)C2(F)F)c(=O)n1. The molecule has 1 unspecified atom stereocenters. The molecule has 35 heavy (non-hydrogen) atoms. The van der Waals surface area contributed by atoms with Gasteiger partial charge >= 0.3 is 25.4 Å². The lowest BCUT2D eigenvalue weighted by atomic mass is 10.1. The summed E-state index contributed by atoms with van der Waals surface area (Å²) in [4.78, 5) is 57.0. The zero-order chi connectivity index (χ0) is 26.6. The van der Waals surface area contributed by atoms with Crippen LogP contribution in [-0.4, -0.2) is 79.6 Å². The highest BCUT2D eigenvalue weighted by Gasteiger charge is 2.60. The normalized spacial score (nSPS) is 22.2. The van der Waals surface area contributed by atoms with Gasteiger partial charge in [-0.1, -0.05) is 0 Å². The molecule has 1 fully saturated rings. The molecule has 0 saturated carbocycles.